The Morgan fingerprint density at radius 1 is 1.28 bits per heavy atom. The summed E-state index contributed by atoms with van der Waals surface area (Å²) in [6.07, 6.45) is 2.55. The van der Waals surface area contributed by atoms with Gasteiger partial charge in [-0.15, -0.1) is 11.8 Å². The van der Waals surface area contributed by atoms with Gasteiger partial charge in [0.25, 0.3) is 0 Å². The highest BCUT2D eigenvalue weighted by Gasteiger charge is 2.30. The smallest absolute Gasteiger partial charge is 0.339 e. The molecule has 0 radical (unpaired) electrons. The number of hydrogen-bond donors (Lipinski definition) is 0. The quantitative estimate of drug-likeness (QED) is 0.604. The van der Waals surface area contributed by atoms with Gasteiger partial charge in [-0.05, 0) is 18.2 Å². The number of anilines is 1. The number of carbonyl (C=O) groups excluding carboxylic acids is 3. The summed E-state index contributed by atoms with van der Waals surface area (Å²) in [5.41, 5.74) is 1.06. The second kappa shape index (κ2) is 10.0. The third-order valence-corrected chi connectivity index (χ3v) is 6.21. The van der Waals surface area contributed by atoms with Crippen molar-refractivity contribution in [3.63, 3.8) is 0 Å². The minimum atomic E-state index is -0.499. The average Bonchev–Trinajstić information content (AvgIpc) is 2.84. The number of para-hydroxylation sites is 1. The molecule has 2 aliphatic rings. The normalized spacial score (nSPS) is 18.2. The van der Waals surface area contributed by atoms with Crippen LogP contribution >= 0.6 is 11.8 Å². The number of aromatic nitrogens is 1. The number of pyridine rings is 1. The van der Waals surface area contributed by atoms with Gasteiger partial charge in [0.1, 0.15) is 25.0 Å². The predicted molar refractivity (Wildman–Crippen MR) is 117 cm³/mol. The van der Waals surface area contributed by atoms with E-state index < -0.39 is 5.97 Å². The van der Waals surface area contributed by atoms with Crippen molar-refractivity contribution in [2.75, 3.05) is 50.6 Å². The Morgan fingerprint density at radius 3 is 2.97 bits per heavy atom. The third kappa shape index (κ3) is 5.03. The number of amides is 2. The van der Waals surface area contributed by atoms with Crippen LogP contribution in [0.3, 0.4) is 0 Å². The maximum atomic E-state index is 13.0. The summed E-state index contributed by atoms with van der Waals surface area (Å²) in [6, 6.07) is 9.14. The number of carbonyl (C=O) groups is 3. The highest BCUT2D eigenvalue weighted by Crippen LogP contribution is 2.34. The molecule has 3 heterocycles. The van der Waals surface area contributed by atoms with E-state index in [9.17, 15) is 14.4 Å². The van der Waals surface area contributed by atoms with Gasteiger partial charge in [0.15, 0.2) is 0 Å². The molecule has 0 aliphatic carbocycles. The zero-order valence-electron chi connectivity index (χ0n) is 17.6. The predicted octanol–water partition coefficient (Wildman–Crippen LogP) is 1.61. The molecule has 2 aromatic rings. The third-order valence-electron chi connectivity index (χ3n) is 5.16. The molecular weight excluding hydrogens is 434 g/mol. The highest BCUT2D eigenvalue weighted by atomic mass is 32.2. The molecule has 0 N–H and O–H groups in total. The van der Waals surface area contributed by atoms with Crippen LogP contribution in [0.1, 0.15) is 10.4 Å². The molecule has 2 amide bonds. The Labute approximate surface area is 189 Å². The Kier molecular flexibility index (Phi) is 6.91. The Morgan fingerprint density at radius 2 is 2.12 bits per heavy atom. The van der Waals surface area contributed by atoms with Gasteiger partial charge < -0.3 is 24.0 Å². The number of nitrogens with zero attached hydrogens (tertiary/aromatic N) is 3. The number of fused-ring (bicyclic) bond motifs is 1. The van der Waals surface area contributed by atoms with Crippen LogP contribution in [0.2, 0.25) is 0 Å². The van der Waals surface area contributed by atoms with Gasteiger partial charge in [-0.25, -0.2) is 4.79 Å². The van der Waals surface area contributed by atoms with E-state index in [2.05, 4.69) is 9.72 Å². The number of rotatable bonds is 6. The van der Waals surface area contributed by atoms with Crippen molar-refractivity contribution in [3.8, 4) is 5.75 Å². The Hall–Kier alpha value is -3.11. The maximum Gasteiger partial charge on any atom is 0.339 e. The lowest BCUT2D eigenvalue weighted by Gasteiger charge is -2.35. The molecule has 9 nitrogen and oxygen atoms in total. The fourth-order valence-corrected chi connectivity index (χ4v) is 4.46. The number of morpholine rings is 1. The molecule has 1 aromatic carbocycles. The van der Waals surface area contributed by atoms with E-state index in [4.69, 9.17) is 9.47 Å². The summed E-state index contributed by atoms with van der Waals surface area (Å²) >= 11 is 1.49. The first-order chi connectivity index (χ1) is 15.5. The average molecular weight is 458 g/mol. The van der Waals surface area contributed by atoms with Crippen molar-refractivity contribution in [1.82, 2.24) is 9.88 Å². The molecule has 4 rings (SSSR count). The fourth-order valence-electron chi connectivity index (χ4n) is 3.53. The fraction of sp³-hybridized carbons (Fsp3) is 0.364. The number of ether oxygens (including phenoxy) is 3. The topological polar surface area (TPSA) is 98.3 Å². The molecule has 0 saturated carbocycles. The largest absolute Gasteiger partial charge is 0.489 e. The van der Waals surface area contributed by atoms with Gasteiger partial charge in [0, 0.05) is 17.6 Å². The van der Waals surface area contributed by atoms with Crippen LogP contribution in [0, 0.1) is 0 Å². The van der Waals surface area contributed by atoms with Gasteiger partial charge in [-0.3, -0.25) is 14.6 Å². The van der Waals surface area contributed by atoms with Crippen molar-refractivity contribution < 1.29 is 28.6 Å². The number of thioether (sulfide) groups is 1. The maximum absolute atomic E-state index is 13.0. The zero-order chi connectivity index (χ0) is 22.5. The lowest BCUT2D eigenvalue weighted by atomic mass is 10.2. The monoisotopic (exact) mass is 457 g/mol. The summed E-state index contributed by atoms with van der Waals surface area (Å²) in [5.74, 6) is 0.0208. The molecular formula is C22H23N3O6S. The van der Waals surface area contributed by atoms with Gasteiger partial charge in [0.05, 0.1) is 43.5 Å². The molecule has 0 bridgehead atoms. The first-order valence-electron chi connectivity index (χ1n) is 10.1. The van der Waals surface area contributed by atoms with Crippen LogP contribution in [0.15, 0.2) is 47.6 Å². The van der Waals surface area contributed by atoms with Crippen LogP contribution in [-0.4, -0.2) is 79.5 Å². The Balaban J connectivity index is 1.35. The molecule has 168 valence electrons. The number of esters is 1. The van der Waals surface area contributed by atoms with E-state index in [0.29, 0.717) is 31.2 Å². The molecule has 1 saturated heterocycles. The lowest BCUT2D eigenvalue weighted by Crippen LogP contribution is -2.51. The minimum absolute atomic E-state index is 0.00488. The van der Waals surface area contributed by atoms with Crippen LogP contribution in [0.4, 0.5) is 5.69 Å². The van der Waals surface area contributed by atoms with Crippen molar-refractivity contribution in [2.24, 2.45) is 0 Å². The minimum Gasteiger partial charge on any atom is -0.489 e. The highest BCUT2D eigenvalue weighted by molar-refractivity contribution is 8.00. The molecule has 0 spiro atoms. The molecule has 1 aromatic heterocycles. The molecule has 2 aliphatic heterocycles. The molecule has 1 unspecified atom stereocenters. The molecule has 10 heteroatoms. The standard InChI is InChI=1S/C22H23N3O6S/c1-29-22(28)15-8-16(10-23-9-15)31-13-17-11-24(6-7-30-17)20(26)12-25-18-4-2-3-5-19(18)32-14-21(25)27/h2-5,8-10,17H,6-7,11-14H2,1H3. The second-order valence-electron chi connectivity index (χ2n) is 7.28. The zero-order valence-corrected chi connectivity index (χ0v) is 18.4. The first kappa shape index (κ1) is 22.1. The summed E-state index contributed by atoms with van der Waals surface area (Å²) in [6.45, 7) is 1.36. The SMILES string of the molecule is COC(=O)c1cncc(OCC2CN(C(=O)CN3C(=O)CSc4ccccc43)CCO2)c1. The number of benzene rings is 1. The molecule has 1 fully saturated rings. The number of hydrogen-bond acceptors (Lipinski definition) is 8. The van der Waals surface area contributed by atoms with Crippen LogP contribution < -0.4 is 9.64 Å². The second-order valence-corrected chi connectivity index (χ2v) is 8.30. The van der Waals surface area contributed by atoms with E-state index in [-0.39, 0.29) is 36.6 Å². The molecule has 32 heavy (non-hydrogen) atoms. The summed E-state index contributed by atoms with van der Waals surface area (Å²) < 4.78 is 16.1. The van der Waals surface area contributed by atoms with Gasteiger partial charge in [-0.1, -0.05) is 12.1 Å². The van der Waals surface area contributed by atoms with E-state index in [1.165, 1.54) is 31.3 Å². The van der Waals surface area contributed by atoms with E-state index in [0.717, 1.165) is 10.6 Å². The van der Waals surface area contributed by atoms with Crippen molar-refractivity contribution in [2.45, 2.75) is 11.0 Å². The molecule has 1 atom stereocenters. The summed E-state index contributed by atoms with van der Waals surface area (Å²) in [7, 11) is 1.30. The van der Waals surface area contributed by atoms with Crippen LogP contribution in [0.25, 0.3) is 0 Å². The van der Waals surface area contributed by atoms with Crippen molar-refractivity contribution in [3.05, 3.63) is 48.3 Å². The number of methoxy groups -OCH3 is 1. The summed E-state index contributed by atoms with van der Waals surface area (Å²) in [5, 5.41) is 0. The lowest BCUT2D eigenvalue weighted by molar-refractivity contribution is -0.139. The van der Waals surface area contributed by atoms with Crippen LogP contribution in [0.5, 0.6) is 5.75 Å². The van der Waals surface area contributed by atoms with E-state index in [1.807, 2.05) is 24.3 Å². The van der Waals surface area contributed by atoms with Gasteiger partial charge >= 0.3 is 5.97 Å². The van der Waals surface area contributed by atoms with E-state index in [1.54, 1.807) is 15.9 Å². The van der Waals surface area contributed by atoms with Crippen molar-refractivity contribution >= 4 is 35.2 Å². The van der Waals surface area contributed by atoms with Crippen molar-refractivity contribution in [1.29, 1.82) is 0 Å². The van der Waals surface area contributed by atoms with Crippen LogP contribution in [-0.2, 0) is 19.1 Å². The van der Waals surface area contributed by atoms with E-state index >= 15 is 0 Å². The van der Waals surface area contributed by atoms with Gasteiger partial charge in [-0.2, -0.15) is 0 Å². The van der Waals surface area contributed by atoms with Gasteiger partial charge in [0.2, 0.25) is 11.8 Å². The Bertz CT molecular complexity index is 1020. The summed E-state index contributed by atoms with van der Waals surface area (Å²) in [4.78, 5) is 45.3. The first-order valence-corrected chi connectivity index (χ1v) is 11.1.